The minimum atomic E-state index is 0.707. The monoisotopic (exact) mass is 337 g/mol. The van der Waals surface area contributed by atoms with Crippen LogP contribution in [0.2, 0.25) is 0 Å². The van der Waals surface area contributed by atoms with Gasteiger partial charge in [-0.2, -0.15) is 0 Å². The molecule has 0 bridgehead atoms. The van der Waals surface area contributed by atoms with Crippen LogP contribution in [0, 0.1) is 0 Å². The molecule has 1 aliphatic rings. The van der Waals surface area contributed by atoms with Crippen molar-refractivity contribution in [3.63, 3.8) is 0 Å². The van der Waals surface area contributed by atoms with Crippen LogP contribution in [0.3, 0.4) is 0 Å². The molecule has 1 aromatic heterocycles. The summed E-state index contributed by atoms with van der Waals surface area (Å²) in [5.74, 6) is 0.903. The van der Waals surface area contributed by atoms with Gasteiger partial charge in [0.1, 0.15) is 5.82 Å². The lowest BCUT2D eigenvalue weighted by Crippen LogP contribution is -2.26. The van der Waals surface area contributed by atoms with Gasteiger partial charge in [-0.3, -0.25) is 4.98 Å². The summed E-state index contributed by atoms with van der Waals surface area (Å²) in [6.07, 6.45) is 3.39. The Morgan fingerprint density at radius 2 is 2.12 bits per heavy atom. The van der Waals surface area contributed by atoms with Gasteiger partial charge in [0, 0.05) is 37.1 Å². The van der Waals surface area contributed by atoms with Crippen molar-refractivity contribution in [2.45, 2.75) is 26.2 Å². The third-order valence-electron chi connectivity index (χ3n) is 4.15. The van der Waals surface area contributed by atoms with E-state index in [0.717, 1.165) is 42.9 Å². The van der Waals surface area contributed by atoms with Gasteiger partial charge in [0.25, 0.3) is 0 Å². The largest absolute Gasteiger partial charge is 0.380 e. The molecule has 2 radical (unpaired) electrons. The molecule has 0 atom stereocenters. The van der Waals surface area contributed by atoms with E-state index in [1.54, 1.807) is 0 Å². The lowest BCUT2D eigenvalue weighted by Gasteiger charge is -2.32. The first kappa shape index (κ1) is 17.3. The smallest absolute Gasteiger partial charge is 0.209 e. The summed E-state index contributed by atoms with van der Waals surface area (Å²) in [7, 11) is 0. The van der Waals surface area contributed by atoms with E-state index < -0.39 is 0 Å². The molecule has 0 saturated heterocycles. The highest BCUT2D eigenvalue weighted by Crippen LogP contribution is 2.33. The number of fused-ring (bicyclic) bond motifs is 1. The molecule has 5 heteroatoms. The molecule has 1 aromatic carbocycles. The van der Waals surface area contributed by atoms with Crippen LogP contribution >= 0.6 is 0 Å². The van der Waals surface area contributed by atoms with Gasteiger partial charge in [-0.05, 0) is 37.0 Å². The molecule has 0 unspecified atom stereocenters. The molecule has 0 fully saturated rings. The standard InChI is InChI=1S/C19H24N3O.Al/c1-2-13-23-14-11-21-19-15-17(9-10-20-19)22-12-5-7-16-6-3-4-8-18(16)22;/h3-4,6,8-9,15H,2,5,7,11-14H2,1H3,(H,20,21);. The van der Waals surface area contributed by atoms with Crippen LogP contribution in [0.15, 0.2) is 36.4 Å². The summed E-state index contributed by atoms with van der Waals surface area (Å²) in [6, 6.07) is 12.9. The Kier molecular flexibility index (Phi) is 6.14. The summed E-state index contributed by atoms with van der Waals surface area (Å²) >= 11 is 2.72. The number of para-hydroxylation sites is 1. The van der Waals surface area contributed by atoms with Crippen LogP contribution in [-0.4, -0.2) is 47.6 Å². The molecule has 124 valence electrons. The lowest BCUT2D eigenvalue weighted by atomic mass is 10.0. The van der Waals surface area contributed by atoms with Gasteiger partial charge in [0.2, 0.25) is 16.3 Å². The Balaban J connectivity index is 1.75. The van der Waals surface area contributed by atoms with Gasteiger partial charge in [-0.25, -0.2) is 0 Å². The summed E-state index contributed by atoms with van der Waals surface area (Å²) in [6.45, 7) is 5.46. The number of pyridine rings is 1. The van der Waals surface area contributed by atoms with E-state index in [1.807, 2.05) is 0 Å². The molecular weight excluding hydrogens is 313 g/mol. The highest BCUT2D eigenvalue weighted by atomic mass is 27.0. The second kappa shape index (κ2) is 8.53. The lowest BCUT2D eigenvalue weighted by molar-refractivity contribution is 0.144. The fraction of sp³-hybridized carbons (Fsp3) is 0.421. The Hall–Kier alpha value is -1.54. The zero-order chi connectivity index (χ0) is 16.8. The molecule has 2 aromatic rings. The van der Waals surface area contributed by atoms with E-state index >= 15 is 0 Å². The number of anilines is 3. The third kappa shape index (κ3) is 4.30. The van der Waals surface area contributed by atoms with Gasteiger partial charge < -0.3 is 15.0 Å². The van der Waals surface area contributed by atoms with E-state index in [2.05, 4.69) is 74.8 Å². The number of nitrogens with one attached hydrogen (secondary N) is 1. The van der Waals surface area contributed by atoms with Crippen LogP contribution in [0.25, 0.3) is 0 Å². The summed E-state index contributed by atoms with van der Waals surface area (Å²) < 4.78 is 6.47. The second-order valence-electron chi connectivity index (χ2n) is 6.06. The summed E-state index contributed by atoms with van der Waals surface area (Å²) in [4.78, 5) is 6.97. The molecule has 24 heavy (non-hydrogen) atoms. The SMILES string of the molecule is CCCOCCNc1cc(N2CCCc3ccccc32)c[c]([Al])n1. The fourth-order valence-electron chi connectivity index (χ4n) is 3.08. The highest BCUT2D eigenvalue weighted by molar-refractivity contribution is 6.31. The van der Waals surface area contributed by atoms with E-state index in [1.165, 1.54) is 23.4 Å². The molecule has 4 nitrogen and oxygen atoms in total. The van der Waals surface area contributed by atoms with Gasteiger partial charge >= 0.3 is 0 Å². The van der Waals surface area contributed by atoms with Crippen LogP contribution < -0.4 is 14.8 Å². The predicted molar refractivity (Wildman–Crippen MR) is 101 cm³/mol. The molecule has 2 heterocycles. The zero-order valence-electron chi connectivity index (χ0n) is 14.3. The molecular formula is C19H24AlN3O. The number of benzene rings is 1. The predicted octanol–water partition coefficient (Wildman–Crippen LogP) is 2.80. The first-order chi connectivity index (χ1) is 11.8. The van der Waals surface area contributed by atoms with Crippen LogP contribution in [0.4, 0.5) is 17.2 Å². The Labute approximate surface area is 152 Å². The number of hydrogen-bond acceptors (Lipinski definition) is 4. The number of ether oxygens (including phenoxy) is 1. The zero-order valence-corrected chi connectivity index (χ0v) is 15.4. The molecule has 0 spiro atoms. The van der Waals surface area contributed by atoms with Gasteiger partial charge in [-0.1, -0.05) is 29.7 Å². The van der Waals surface area contributed by atoms with Crippen molar-refractivity contribution in [2.75, 3.05) is 36.5 Å². The highest BCUT2D eigenvalue weighted by Gasteiger charge is 2.18. The number of nitrogens with zero attached hydrogens (tertiary/aromatic N) is 2. The summed E-state index contributed by atoms with van der Waals surface area (Å²) in [5, 5.41) is 3.37. The first-order valence-corrected chi connectivity index (χ1v) is 9.30. The first-order valence-electron chi connectivity index (χ1n) is 8.72. The number of aryl methyl sites for hydroxylation is 1. The summed E-state index contributed by atoms with van der Waals surface area (Å²) in [5.41, 5.74) is 3.93. The van der Waals surface area contributed by atoms with Crippen molar-refractivity contribution in [3.8, 4) is 0 Å². The molecule has 3 rings (SSSR count). The van der Waals surface area contributed by atoms with Gasteiger partial charge in [0.15, 0.2) is 0 Å². The molecule has 1 aliphatic heterocycles. The molecule has 0 saturated carbocycles. The molecule has 1 N–H and O–H groups in total. The Bertz CT molecular complexity index is 677. The van der Waals surface area contributed by atoms with Crippen LogP contribution in [-0.2, 0) is 11.2 Å². The third-order valence-corrected chi connectivity index (χ3v) is 4.45. The van der Waals surface area contributed by atoms with Gasteiger partial charge in [-0.15, -0.1) is 0 Å². The maximum atomic E-state index is 5.52. The van der Waals surface area contributed by atoms with Gasteiger partial charge in [0.05, 0.1) is 6.61 Å². The van der Waals surface area contributed by atoms with E-state index in [9.17, 15) is 0 Å². The quantitative estimate of drug-likeness (QED) is 0.623. The average molecular weight is 337 g/mol. The van der Waals surface area contributed by atoms with Crippen LogP contribution in [0.5, 0.6) is 0 Å². The van der Waals surface area contributed by atoms with E-state index in [0.29, 0.717) is 6.61 Å². The topological polar surface area (TPSA) is 37.4 Å². The van der Waals surface area contributed by atoms with E-state index in [4.69, 9.17) is 4.74 Å². The maximum absolute atomic E-state index is 5.52. The van der Waals surface area contributed by atoms with Crippen molar-refractivity contribution in [1.82, 2.24) is 4.98 Å². The normalized spacial score (nSPS) is 13.6. The maximum Gasteiger partial charge on any atom is 0.209 e. The van der Waals surface area contributed by atoms with Crippen molar-refractivity contribution in [3.05, 3.63) is 42.0 Å². The minimum absolute atomic E-state index is 0.707. The average Bonchev–Trinajstić information content (AvgIpc) is 2.60. The fourth-order valence-corrected chi connectivity index (χ4v) is 3.39. The Morgan fingerprint density at radius 1 is 1.25 bits per heavy atom. The molecule has 0 aliphatic carbocycles. The Morgan fingerprint density at radius 3 is 3.00 bits per heavy atom. The van der Waals surface area contributed by atoms with Crippen molar-refractivity contribution in [1.29, 1.82) is 0 Å². The van der Waals surface area contributed by atoms with Crippen molar-refractivity contribution >= 4 is 38.0 Å². The molecule has 0 amide bonds. The number of hydrogen-bond donors (Lipinski definition) is 1. The van der Waals surface area contributed by atoms with Crippen molar-refractivity contribution in [2.24, 2.45) is 0 Å². The van der Waals surface area contributed by atoms with E-state index in [-0.39, 0.29) is 0 Å². The van der Waals surface area contributed by atoms with Crippen molar-refractivity contribution < 1.29 is 4.74 Å². The second-order valence-corrected chi connectivity index (χ2v) is 6.65. The minimum Gasteiger partial charge on any atom is -0.380 e. The number of aromatic nitrogens is 1. The van der Waals surface area contributed by atoms with Crippen LogP contribution in [0.1, 0.15) is 25.3 Å². The number of rotatable bonds is 7.